The van der Waals surface area contributed by atoms with Crippen LogP contribution in [-0.2, 0) is 31.8 Å². The topological polar surface area (TPSA) is 80.3 Å². The van der Waals surface area contributed by atoms with Crippen molar-refractivity contribution >= 4 is 11.2 Å². The largest absolute Gasteiger partial charge is 0.497 e. The highest BCUT2D eigenvalue weighted by Crippen LogP contribution is 2.17. The summed E-state index contributed by atoms with van der Waals surface area (Å²) in [5, 5.41) is 0. The van der Waals surface area contributed by atoms with E-state index in [4.69, 9.17) is 9.47 Å². The lowest BCUT2D eigenvalue weighted by atomic mass is 10.2. The fourth-order valence-electron chi connectivity index (χ4n) is 3.18. The second-order valence-electron chi connectivity index (χ2n) is 6.70. The third kappa shape index (κ3) is 4.81. The van der Waals surface area contributed by atoms with Gasteiger partial charge in [0.1, 0.15) is 11.6 Å². The molecule has 0 bridgehead atoms. The maximum Gasteiger partial charge on any atom is 0.332 e. The lowest BCUT2D eigenvalue weighted by molar-refractivity contribution is 0.136. The number of imidazole rings is 1. The van der Waals surface area contributed by atoms with Gasteiger partial charge in [-0.05, 0) is 24.1 Å². The normalized spacial score (nSPS) is 10.7. The predicted molar refractivity (Wildman–Crippen MR) is 118 cm³/mol. The van der Waals surface area contributed by atoms with Gasteiger partial charge >= 0.3 is 5.69 Å². The lowest BCUT2D eigenvalue weighted by Crippen LogP contribution is -2.37. The molecular weight excluding hydrogens is 384 g/mol. The first-order valence-electron chi connectivity index (χ1n) is 10.3. The van der Waals surface area contributed by atoms with Crippen molar-refractivity contribution in [3.05, 3.63) is 56.5 Å². The molecule has 0 saturated heterocycles. The van der Waals surface area contributed by atoms with Gasteiger partial charge < -0.3 is 14.0 Å². The van der Waals surface area contributed by atoms with Crippen LogP contribution in [-0.4, -0.2) is 39.0 Å². The summed E-state index contributed by atoms with van der Waals surface area (Å²) in [5.41, 5.74) is 1.09. The van der Waals surface area contributed by atoms with Gasteiger partial charge in [0.15, 0.2) is 11.2 Å². The lowest BCUT2D eigenvalue weighted by Gasteiger charge is -2.11. The Kier molecular flexibility index (Phi) is 8.41. The first-order chi connectivity index (χ1) is 14.5. The highest BCUT2D eigenvalue weighted by atomic mass is 16.5. The summed E-state index contributed by atoms with van der Waals surface area (Å²) < 4.78 is 15.2. The Morgan fingerprint density at radius 1 is 1.00 bits per heavy atom. The smallest absolute Gasteiger partial charge is 0.332 e. The van der Waals surface area contributed by atoms with Gasteiger partial charge in [-0.3, -0.25) is 13.9 Å². The summed E-state index contributed by atoms with van der Waals surface area (Å²) in [6.45, 7) is 7.71. The zero-order valence-corrected chi connectivity index (χ0v) is 18.8. The molecule has 0 amide bonds. The minimum Gasteiger partial charge on any atom is -0.497 e. The molecule has 8 heteroatoms. The second-order valence-corrected chi connectivity index (χ2v) is 6.70. The zero-order valence-electron chi connectivity index (χ0n) is 18.8. The number of aromatic nitrogens is 4. The molecular formula is C22H32N4O4. The second kappa shape index (κ2) is 10.8. The summed E-state index contributed by atoms with van der Waals surface area (Å²) in [6, 6.07) is 7.67. The number of ether oxygens (including phenoxy) is 2. The number of rotatable bonds is 8. The van der Waals surface area contributed by atoms with Crippen LogP contribution in [0.3, 0.4) is 0 Å². The van der Waals surface area contributed by atoms with Crippen LogP contribution in [0.15, 0.2) is 33.9 Å². The molecule has 3 aromatic rings. The van der Waals surface area contributed by atoms with E-state index in [9.17, 15) is 9.59 Å². The molecule has 30 heavy (non-hydrogen) atoms. The van der Waals surface area contributed by atoms with E-state index in [1.165, 1.54) is 11.6 Å². The van der Waals surface area contributed by atoms with Crippen molar-refractivity contribution in [1.29, 1.82) is 0 Å². The van der Waals surface area contributed by atoms with Crippen LogP contribution in [0.5, 0.6) is 5.75 Å². The Labute approximate surface area is 176 Å². The summed E-state index contributed by atoms with van der Waals surface area (Å²) in [6.07, 6.45) is 1.50. The van der Waals surface area contributed by atoms with Gasteiger partial charge in [-0.1, -0.05) is 32.9 Å². The van der Waals surface area contributed by atoms with Crippen LogP contribution >= 0.6 is 0 Å². The Balaban J connectivity index is 0.00000155. The molecule has 164 valence electrons. The number of benzene rings is 1. The standard InChI is InChI=1S/C20H26N4O4.C2H6/c1-5-11-28-12-10-16-21-18-17(19(25)23(3)20(26)22(18)2)24(16)13-14-6-8-15(27-4)9-7-14;1-2/h6-9H,5,10-13H2,1-4H3;1-2H3. The summed E-state index contributed by atoms with van der Waals surface area (Å²) in [4.78, 5) is 29.7. The molecule has 0 saturated carbocycles. The van der Waals surface area contributed by atoms with Crippen molar-refractivity contribution in [2.45, 2.75) is 40.2 Å². The molecule has 0 aliphatic heterocycles. The number of fused-ring (bicyclic) bond motifs is 1. The van der Waals surface area contributed by atoms with E-state index >= 15 is 0 Å². The fourth-order valence-corrected chi connectivity index (χ4v) is 3.18. The Morgan fingerprint density at radius 3 is 2.27 bits per heavy atom. The molecule has 0 fully saturated rings. The van der Waals surface area contributed by atoms with Crippen LogP contribution in [0, 0.1) is 0 Å². The van der Waals surface area contributed by atoms with E-state index in [0.717, 1.165) is 28.1 Å². The SMILES string of the molecule is CC.CCCOCCc1nc2c(c(=O)n(C)c(=O)n2C)n1Cc1ccc(OC)cc1. The van der Waals surface area contributed by atoms with E-state index in [1.54, 1.807) is 14.2 Å². The summed E-state index contributed by atoms with van der Waals surface area (Å²) >= 11 is 0. The highest BCUT2D eigenvalue weighted by molar-refractivity contribution is 5.71. The molecule has 0 radical (unpaired) electrons. The quantitative estimate of drug-likeness (QED) is 0.527. The van der Waals surface area contributed by atoms with E-state index in [2.05, 4.69) is 11.9 Å². The summed E-state index contributed by atoms with van der Waals surface area (Å²) in [5.74, 6) is 1.49. The third-order valence-corrected chi connectivity index (χ3v) is 4.75. The maximum absolute atomic E-state index is 12.8. The maximum atomic E-state index is 12.8. The van der Waals surface area contributed by atoms with Gasteiger partial charge in [0.25, 0.3) is 5.56 Å². The van der Waals surface area contributed by atoms with Gasteiger partial charge in [-0.15, -0.1) is 0 Å². The van der Waals surface area contributed by atoms with Crippen molar-refractivity contribution in [2.24, 2.45) is 14.1 Å². The average molecular weight is 417 g/mol. The van der Waals surface area contributed by atoms with E-state index in [1.807, 2.05) is 42.7 Å². The van der Waals surface area contributed by atoms with Crippen molar-refractivity contribution in [2.75, 3.05) is 20.3 Å². The molecule has 8 nitrogen and oxygen atoms in total. The number of aryl methyl sites for hydroxylation is 1. The van der Waals surface area contributed by atoms with Crippen LogP contribution in [0.1, 0.15) is 38.6 Å². The van der Waals surface area contributed by atoms with Gasteiger partial charge in [0.05, 0.1) is 13.7 Å². The van der Waals surface area contributed by atoms with Gasteiger partial charge in [0, 0.05) is 33.7 Å². The molecule has 2 aromatic heterocycles. The van der Waals surface area contributed by atoms with Gasteiger partial charge in [-0.2, -0.15) is 0 Å². The summed E-state index contributed by atoms with van der Waals surface area (Å²) in [7, 11) is 4.74. The Hall–Kier alpha value is -2.87. The first kappa shape index (κ1) is 23.4. The van der Waals surface area contributed by atoms with Gasteiger partial charge in [0.2, 0.25) is 0 Å². The molecule has 0 aliphatic carbocycles. The number of hydrogen-bond acceptors (Lipinski definition) is 5. The molecule has 0 aliphatic rings. The van der Waals surface area contributed by atoms with E-state index in [0.29, 0.717) is 37.3 Å². The molecule has 2 heterocycles. The Morgan fingerprint density at radius 2 is 1.67 bits per heavy atom. The van der Waals surface area contributed by atoms with E-state index in [-0.39, 0.29) is 11.2 Å². The molecule has 1 aromatic carbocycles. The third-order valence-electron chi connectivity index (χ3n) is 4.75. The highest BCUT2D eigenvalue weighted by Gasteiger charge is 2.19. The Bertz CT molecular complexity index is 1080. The van der Waals surface area contributed by atoms with Gasteiger partial charge in [-0.25, -0.2) is 9.78 Å². The van der Waals surface area contributed by atoms with E-state index < -0.39 is 0 Å². The monoisotopic (exact) mass is 416 g/mol. The number of hydrogen-bond donors (Lipinski definition) is 0. The van der Waals surface area contributed by atoms with Crippen molar-refractivity contribution in [3.63, 3.8) is 0 Å². The minimum absolute atomic E-state index is 0.347. The molecule has 0 atom stereocenters. The number of nitrogens with zero attached hydrogens (tertiary/aromatic N) is 4. The average Bonchev–Trinajstić information content (AvgIpc) is 3.14. The van der Waals surface area contributed by atoms with Crippen LogP contribution in [0.2, 0.25) is 0 Å². The molecule has 3 rings (SSSR count). The fraction of sp³-hybridized carbons (Fsp3) is 0.500. The zero-order chi connectivity index (χ0) is 22.3. The molecule has 0 unspecified atom stereocenters. The van der Waals surface area contributed by atoms with Crippen LogP contribution < -0.4 is 16.0 Å². The van der Waals surface area contributed by atoms with Crippen LogP contribution in [0.25, 0.3) is 11.2 Å². The van der Waals surface area contributed by atoms with Crippen molar-refractivity contribution in [3.8, 4) is 5.75 Å². The van der Waals surface area contributed by atoms with Crippen molar-refractivity contribution < 1.29 is 9.47 Å². The van der Waals surface area contributed by atoms with Crippen molar-refractivity contribution in [1.82, 2.24) is 18.7 Å². The minimum atomic E-state index is -0.389. The molecule has 0 spiro atoms. The predicted octanol–water partition coefficient (Wildman–Crippen LogP) is 2.49. The van der Waals surface area contributed by atoms with Crippen LogP contribution in [0.4, 0.5) is 0 Å². The first-order valence-corrected chi connectivity index (χ1v) is 10.3. The molecule has 0 N–H and O–H groups in total. The number of methoxy groups -OCH3 is 1.